The average molecular weight is 277 g/mol. The van der Waals surface area contributed by atoms with E-state index in [1.165, 1.54) is 7.11 Å². The van der Waals surface area contributed by atoms with Crippen molar-refractivity contribution in [3.63, 3.8) is 0 Å². The molecule has 6 nitrogen and oxygen atoms in total. The van der Waals surface area contributed by atoms with Gasteiger partial charge in [-0.25, -0.2) is 4.79 Å². The first-order chi connectivity index (χ1) is 9.63. The van der Waals surface area contributed by atoms with Gasteiger partial charge in [-0.1, -0.05) is 0 Å². The summed E-state index contributed by atoms with van der Waals surface area (Å²) in [6.07, 6.45) is 0.391. The van der Waals surface area contributed by atoms with Gasteiger partial charge in [0.15, 0.2) is 0 Å². The predicted molar refractivity (Wildman–Crippen MR) is 76.5 cm³/mol. The summed E-state index contributed by atoms with van der Waals surface area (Å²) in [4.78, 5) is 13.6. The van der Waals surface area contributed by atoms with Crippen LogP contribution in [0.4, 0.5) is 11.4 Å². The molecule has 0 aromatic heterocycles. The highest BCUT2D eigenvalue weighted by atomic mass is 16.5. The second kappa shape index (κ2) is 8.02. The summed E-state index contributed by atoms with van der Waals surface area (Å²) in [7, 11) is 2.93. The number of hydrogen-bond donors (Lipinski definition) is 1. The topological polar surface area (TPSA) is 88.6 Å². The molecule has 0 aliphatic rings. The third-order valence-electron chi connectivity index (χ3n) is 2.87. The minimum atomic E-state index is -0.476. The van der Waals surface area contributed by atoms with Gasteiger partial charge in [-0.2, -0.15) is 5.26 Å². The highest BCUT2D eigenvalue weighted by Gasteiger charge is 2.14. The quantitative estimate of drug-likeness (QED) is 0.599. The van der Waals surface area contributed by atoms with Crippen LogP contribution in [0.2, 0.25) is 0 Å². The Morgan fingerprint density at radius 3 is 2.75 bits per heavy atom. The van der Waals surface area contributed by atoms with E-state index in [0.717, 1.165) is 5.69 Å². The van der Waals surface area contributed by atoms with Crippen LogP contribution in [0.25, 0.3) is 0 Å². The van der Waals surface area contributed by atoms with E-state index in [1.807, 2.05) is 11.0 Å². The van der Waals surface area contributed by atoms with Crippen LogP contribution in [0.3, 0.4) is 0 Å². The molecule has 0 amide bonds. The van der Waals surface area contributed by atoms with E-state index in [1.54, 1.807) is 19.2 Å². The Balaban J connectivity index is 3.00. The number of ether oxygens (including phenoxy) is 2. The summed E-state index contributed by atoms with van der Waals surface area (Å²) in [5.74, 6) is -0.476. The van der Waals surface area contributed by atoms with Gasteiger partial charge in [0, 0.05) is 31.6 Å². The molecule has 0 saturated heterocycles. The van der Waals surface area contributed by atoms with Gasteiger partial charge in [0.05, 0.1) is 31.8 Å². The van der Waals surface area contributed by atoms with Crippen LogP contribution in [-0.2, 0) is 9.47 Å². The number of nitriles is 1. The van der Waals surface area contributed by atoms with Crippen molar-refractivity contribution in [2.45, 2.75) is 6.42 Å². The Kier molecular flexibility index (Phi) is 6.33. The fourth-order valence-corrected chi connectivity index (χ4v) is 1.78. The highest BCUT2D eigenvalue weighted by Crippen LogP contribution is 2.22. The van der Waals surface area contributed by atoms with Crippen molar-refractivity contribution in [2.75, 3.05) is 44.5 Å². The number of nitrogen functional groups attached to an aromatic ring is 1. The minimum absolute atomic E-state index is 0.323. The molecule has 1 aromatic carbocycles. The fraction of sp³-hybridized carbons (Fsp3) is 0.429. The van der Waals surface area contributed by atoms with Crippen molar-refractivity contribution in [1.82, 2.24) is 0 Å². The molecule has 108 valence electrons. The molecule has 0 saturated carbocycles. The van der Waals surface area contributed by atoms with Gasteiger partial charge < -0.3 is 20.1 Å². The Labute approximate surface area is 118 Å². The lowest BCUT2D eigenvalue weighted by Crippen LogP contribution is -2.28. The fourth-order valence-electron chi connectivity index (χ4n) is 1.78. The van der Waals surface area contributed by atoms with Crippen molar-refractivity contribution in [1.29, 1.82) is 5.26 Å². The molecule has 0 atom stereocenters. The van der Waals surface area contributed by atoms with Crippen LogP contribution < -0.4 is 10.6 Å². The monoisotopic (exact) mass is 277 g/mol. The van der Waals surface area contributed by atoms with Crippen LogP contribution in [0.15, 0.2) is 18.2 Å². The second-order valence-corrected chi connectivity index (χ2v) is 4.15. The molecule has 0 bridgehead atoms. The minimum Gasteiger partial charge on any atom is -0.465 e. The van der Waals surface area contributed by atoms with Crippen molar-refractivity contribution in [3.8, 4) is 6.07 Å². The summed E-state index contributed by atoms with van der Waals surface area (Å²) < 4.78 is 9.76. The summed E-state index contributed by atoms with van der Waals surface area (Å²) in [6.45, 7) is 1.72. The Morgan fingerprint density at radius 2 is 2.15 bits per heavy atom. The number of esters is 1. The smallest absolute Gasteiger partial charge is 0.340 e. The van der Waals surface area contributed by atoms with Crippen LogP contribution in [0.5, 0.6) is 0 Å². The summed E-state index contributed by atoms with van der Waals surface area (Å²) in [6, 6.07) is 7.26. The van der Waals surface area contributed by atoms with Gasteiger partial charge >= 0.3 is 5.97 Å². The number of nitrogens with two attached hydrogens (primary N) is 1. The third-order valence-corrected chi connectivity index (χ3v) is 2.87. The van der Waals surface area contributed by atoms with E-state index in [4.69, 9.17) is 20.5 Å². The Bertz CT molecular complexity index is 497. The third kappa shape index (κ3) is 4.14. The van der Waals surface area contributed by atoms with Gasteiger partial charge in [0.25, 0.3) is 0 Å². The van der Waals surface area contributed by atoms with Gasteiger partial charge in [0.1, 0.15) is 0 Å². The van der Waals surface area contributed by atoms with Gasteiger partial charge in [-0.3, -0.25) is 0 Å². The number of carbonyl (C=O) groups excluding carboxylic acids is 1. The van der Waals surface area contributed by atoms with Crippen molar-refractivity contribution < 1.29 is 14.3 Å². The number of benzene rings is 1. The maximum absolute atomic E-state index is 11.6. The molecule has 0 spiro atoms. The Hall–Kier alpha value is -2.26. The highest BCUT2D eigenvalue weighted by molar-refractivity contribution is 5.96. The van der Waals surface area contributed by atoms with Gasteiger partial charge in [0.2, 0.25) is 0 Å². The summed E-state index contributed by atoms with van der Waals surface area (Å²) in [5.41, 5.74) is 7.27. The van der Waals surface area contributed by atoms with Crippen molar-refractivity contribution >= 4 is 17.3 Å². The first-order valence-electron chi connectivity index (χ1n) is 6.22. The number of methoxy groups -OCH3 is 2. The molecular formula is C14H19N3O3. The van der Waals surface area contributed by atoms with Gasteiger partial charge in [-0.15, -0.1) is 0 Å². The van der Waals surface area contributed by atoms with Crippen molar-refractivity contribution in [2.24, 2.45) is 0 Å². The van der Waals surface area contributed by atoms with E-state index >= 15 is 0 Å². The van der Waals surface area contributed by atoms with E-state index in [-0.39, 0.29) is 0 Å². The molecule has 0 unspecified atom stereocenters. The van der Waals surface area contributed by atoms with Crippen LogP contribution in [0, 0.1) is 11.3 Å². The SMILES string of the molecule is COCCN(CCC#N)c1ccc(N)c(C(=O)OC)c1. The standard InChI is InChI=1S/C14H19N3O3/c1-19-9-8-17(7-3-6-15)11-4-5-13(16)12(10-11)14(18)20-2/h4-5,10H,3,7-9,16H2,1-2H3. The zero-order valence-corrected chi connectivity index (χ0v) is 11.8. The molecule has 20 heavy (non-hydrogen) atoms. The zero-order valence-electron chi connectivity index (χ0n) is 11.8. The number of nitrogens with zero attached hydrogens (tertiary/aromatic N) is 2. The molecular weight excluding hydrogens is 258 g/mol. The molecule has 1 aromatic rings. The molecule has 0 heterocycles. The van der Waals surface area contributed by atoms with E-state index < -0.39 is 5.97 Å². The Morgan fingerprint density at radius 1 is 1.40 bits per heavy atom. The molecule has 0 radical (unpaired) electrons. The number of carbonyl (C=O) groups is 1. The molecule has 6 heteroatoms. The average Bonchev–Trinajstić information content (AvgIpc) is 2.47. The molecule has 0 fully saturated rings. The maximum Gasteiger partial charge on any atom is 0.340 e. The van der Waals surface area contributed by atoms with Crippen LogP contribution in [0.1, 0.15) is 16.8 Å². The lowest BCUT2D eigenvalue weighted by molar-refractivity contribution is 0.0602. The first kappa shape index (κ1) is 15.8. The number of hydrogen-bond acceptors (Lipinski definition) is 6. The van der Waals surface area contributed by atoms with E-state index in [2.05, 4.69) is 6.07 Å². The number of rotatable bonds is 7. The number of anilines is 2. The van der Waals surface area contributed by atoms with E-state index in [0.29, 0.717) is 37.4 Å². The summed E-state index contributed by atoms with van der Waals surface area (Å²) in [5, 5.41) is 8.71. The second-order valence-electron chi connectivity index (χ2n) is 4.15. The molecule has 0 aliphatic carbocycles. The first-order valence-corrected chi connectivity index (χ1v) is 6.22. The zero-order chi connectivity index (χ0) is 15.0. The lowest BCUT2D eigenvalue weighted by atomic mass is 10.1. The van der Waals surface area contributed by atoms with Crippen molar-refractivity contribution in [3.05, 3.63) is 23.8 Å². The normalized spacial score (nSPS) is 9.85. The predicted octanol–water partition coefficient (Wildman–Crippen LogP) is 1.42. The van der Waals surface area contributed by atoms with Gasteiger partial charge in [-0.05, 0) is 18.2 Å². The summed E-state index contributed by atoms with van der Waals surface area (Å²) >= 11 is 0. The molecule has 0 aliphatic heterocycles. The lowest BCUT2D eigenvalue weighted by Gasteiger charge is -2.24. The molecule has 1 rings (SSSR count). The van der Waals surface area contributed by atoms with Crippen LogP contribution >= 0.6 is 0 Å². The van der Waals surface area contributed by atoms with E-state index in [9.17, 15) is 4.79 Å². The van der Waals surface area contributed by atoms with Crippen LogP contribution in [-0.4, -0.2) is 39.9 Å². The largest absolute Gasteiger partial charge is 0.465 e. The molecule has 2 N–H and O–H groups in total. The maximum atomic E-state index is 11.6.